The topological polar surface area (TPSA) is 66.4 Å². The molecule has 2 N–H and O–H groups in total. The minimum atomic E-state index is -5.23. The lowest BCUT2D eigenvalue weighted by Crippen LogP contribution is -2.27. The summed E-state index contributed by atoms with van der Waals surface area (Å²) in [6, 6.07) is 0. The molecule has 0 heterocycles. The monoisotopic (exact) mass is 275 g/mol. The molecule has 0 fully saturated rings. The summed E-state index contributed by atoms with van der Waals surface area (Å²) < 4.78 is 53.7. The normalized spacial score (nSPS) is 11.9. The van der Waals surface area contributed by atoms with Gasteiger partial charge in [-0.3, -0.25) is 4.55 Å². The zero-order chi connectivity index (χ0) is 13.9. The van der Waals surface area contributed by atoms with Gasteiger partial charge >= 0.3 is 15.4 Å². The Hall–Kier alpha value is -0.270. The van der Waals surface area contributed by atoms with Crippen LogP contribution in [0.2, 0.25) is 0 Å². The van der Waals surface area contributed by atoms with Gasteiger partial charge in [0.1, 0.15) is 0 Å². The molecule has 0 unspecified atom stereocenters. The summed E-state index contributed by atoms with van der Waals surface area (Å²) in [5, 5.41) is -1.24. The zero-order valence-electron chi connectivity index (χ0n) is 10.7. The third kappa shape index (κ3) is 10.6. The molecular formula is C10H23F2NO3S. The van der Waals surface area contributed by atoms with Crippen molar-refractivity contribution >= 4 is 10.1 Å². The van der Waals surface area contributed by atoms with E-state index in [1.165, 1.54) is 0 Å². The SMILES string of the molecule is CCCCCCCC(F)(F)S(=O)(=O)O.CNC. The van der Waals surface area contributed by atoms with Crippen LogP contribution in [0.4, 0.5) is 8.78 Å². The molecule has 17 heavy (non-hydrogen) atoms. The van der Waals surface area contributed by atoms with E-state index >= 15 is 0 Å². The van der Waals surface area contributed by atoms with Crippen molar-refractivity contribution in [1.82, 2.24) is 5.32 Å². The van der Waals surface area contributed by atoms with Crippen molar-refractivity contribution in [3.63, 3.8) is 0 Å². The number of rotatable bonds is 7. The molecule has 0 aliphatic carbocycles. The van der Waals surface area contributed by atoms with E-state index in [2.05, 4.69) is 5.32 Å². The first-order valence-corrected chi connectivity index (χ1v) is 7.10. The molecule has 0 aliphatic heterocycles. The van der Waals surface area contributed by atoms with E-state index in [1.807, 2.05) is 21.0 Å². The Labute approximate surface area is 103 Å². The molecule has 0 aromatic heterocycles. The highest BCUT2D eigenvalue weighted by molar-refractivity contribution is 7.86. The summed E-state index contributed by atoms with van der Waals surface area (Å²) in [6.07, 6.45) is 2.66. The van der Waals surface area contributed by atoms with Crippen LogP contribution in [-0.4, -0.2) is 32.3 Å². The lowest BCUT2D eigenvalue weighted by Gasteiger charge is -2.11. The lowest BCUT2D eigenvalue weighted by atomic mass is 10.1. The van der Waals surface area contributed by atoms with Crippen molar-refractivity contribution in [3.8, 4) is 0 Å². The number of halogens is 2. The molecule has 0 spiro atoms. The Morgan fingerprint density at radius 1 is 1.12 bits per heavy atom. The summed E-state index contributed by atoms with van der Waals surface area (Å²) in [4.78, 5) is 0. The number of hydrogen-bond acceptors (Lipinski definition) is 3. The molecule has 0 saturated carbocycles. The maximum Gasteiger partial charge on any atom is 0.370 e. The Bertz CT molecular complexity index is 269. The molecule has 0 radical (unpaired) electrons. The largest absolute Gasteiger partial charge is 0.370 e. The summed E-state index contributed by atoms with van der Waals surface area (Å²) in [5.41, 5.74) is 0. The van der Waals surface area contributed by atoms with E-state index in [4.69, 9.17) is 4.55 Å². The number of unbranched alkanes of at least 4 members (excludes halogenated alkanes) is 4. The van der Waals surface area contributed by atoms with Crippen molar-refractivity contribution in [2.45, 2.75) is 50.7 Å². The van der Waals surface area contributed by atoms with Crippen LogP contribution in [0.15, 0.2) is 0 Å². The standard InChI is InChI=1S/C8H16F2O3S.C2H7N/c1-2-3-4-5-6-7-8(9,10)14(11,12)13;1-3-2/h2-7H2,1H3,(H,11,12,13);3H,1-2H3. The van der Waals surface area contributed by atoms with Gasteiger partial charge in [0.05, 0.1) is 0 Å². The van der Waals surface area contributed by atoms with E-state index in [-0.39, 0.29) is 6.42 Å². The third-order valence-corrected chi connectivity index (χ3v) is 2.91. The molecule has 0 aromatic rings. The molecular weight excluding hydrogens is 252 g/mol. The average molecular weight is 275 g/mol. The second kappa shape index (κ2) is 9.73. The van der Waals surface area contributed by atoms with E-state index in [0.29, 0.717) is 6.42 Å². The molecule has 0 aliphatic rings. The minimum absolute atomic E-state index is 0.118. The Kier molecular flexibility index (Phi) is 10.9. The van der Waals surface area contributed by atoms with Crippen LogP contribution in [0.25, 0.3) is 0 Å². The van der Waals surface area contributed by atoms with Gasteiger partial charge in [0, 0.05) is 6.42 Å². The minimum Gasteiger partial charge on any atom is -0.323 e. The van der Waals surface area contributed by atoms with E-state index < -0.39 is 21.8 Å². The number of alkyl halides is 2. The molecule has 0 saturated heterocycles. The van der Waals surface area contributed by atoms with Crippen LogP contribution < -0.4 is 5.32 Å². The van der Waals surface area contributed by atoms with Crippen molar-refractivity contribution in [1.29, 1.82) is 0 Å². The average Bonchev–Trinajstić information content (AvgIpc) is 2.17. The van der Waals surface area contributed by atoms with Crippen LogP contribution in [0.3, 0.4) is 0 Å². The molecule has 0 amide bonds. The van der Waals surface area contributed by atoms with Crippen LogP contribution in [0.1, 0.15) is 45.4 Å². The fraction of sp³-hybridized carbons (Fsp3) is 1.00. The summed E-state index contributed by atoms with van der Waals surface area (Å²) >= 11 is 0. The van der Waals surface area contributed by atoms with Crippen LogP contribution in [0.5, 0.6) is 0 Å². The maximum absolute atomic E-state index is 12.6. The van der Waals surface area contributed by atoms with Gasteiger partial charge in [-0.1, -0.05) is 32.6 Å². The highest BCUT2D eigenvalue weighted by Gasteiger charge is 2.42. The maximum atomic E-state index is 12.6. The predicted octanol–water partition coefficient (Wildman–Crippen LogP) is 2.66. The van der Waals surface area contributed by atoms with Gasteiger partial charge in [-0.15, -0.1) is 0 Å². The van der Waals surface area contributed by atoms with Crippen LogP contribution >= 0.6 is 0 Å². The Morgan fingerprint density at radius 3 is 1.88 bits per heavy atom. The molecule has 0 aromatic carbocycles. The van der Waals surface area contributed by atoms with Crippen LogP contribution in [-0.2, 0) is 10.1 Å². The Morgan fingerprint density at radius 2 is 1.53 bits per heavy atom. The van der Waals surface area contributed by atoms with Crippen LogP contribution in [0, 0.1) is 0 Å². The first-order valence-electron chi connectivity index (χ1n) is 5.66. The van der Waals surface area contributed by atoms with Gasteiger partial charge < -0.3 is 5.32 Å². The quantitative estimate of drug-likeness (QED) is 0.554. The smallest absolute Gasteiger partial charge is 0.323 e. The predicted molar refractivity (Wildman–Crippen MR) is 64.9 cm³/mol. The first-order chi connectivity index (χ1) is 7.72. The van der Waals surface area contributed by atoms with E-state index in [1.54, 1.807) is 0 Å². The van der Waals surface area contributed by atoms with Gasteiger partial charge in [-0.05, 0) is 20.5 Å². The summed E-state index contributed by atoms with van der Waals surface area (Å²) in [5.74, 6) is 0. The zero-order valence-corrected chi connectivity index (χ0v) is 11.5. The van der Waals surface area contributed by atoms with E-state index in [0.717, 1.165) is 19.3 Å². The first kappa shape index (κ1) is 19.1. The molecule has 0 atom stereocenters. The highest BCUT2D eigenvalue weighted by Crippen LogP contribution is 2.27. The third-order valence-electron chi connectivity index (χ3n) is 1.95. The fourth-order valence-electron chi connectivity index (χ4n) is 1.06. The fourth-order valence-corrected chi connectivity index (χ4v) is 1.47. The second-order valence-electron chi connectivity index (χ2n) is 3.78. The second-order valence-corrected chi connectivity index (χ2v) is 5.32. The number of nitrogens with one attached hydrogen (secondary N) is 1. The van der Waals surface area contributed by atoms with Gasteiger partial charge in [0.2, 0.25) is 0 Å². The lowest BCUT2D eigenvalue weighted by molar-refractivity contribution is 0.0683. The van der Waals surface area contributed by atoms with Gasteiger partial charge in [0.25, 0.3) is 0 Å². The van der Waals surface area contributed by atoms with Gasteiger partial charge in [-0.2, -0.15) is 17.2 Å². The van der Waals surface area contributed by atoms with E-state index in [9.17, 15) is 17.2 Å². The van der Waals surface area contributed by atoms with Gasteiger partial charge in [0.15, 0.2) is 0 Å². The van der Waals surface area contributed by atoms with Crippen molar-refractivity contribution in [3.05, 3.63) is 0 Å². The van der Waals surface area contributed by atoms with Gasteiger partial charge in [-0.25, -0.2) is 0 Å². The summed E-state index contributed by atoms with van der Waals surface area (Å²) in [6.45, 7) is 1.99. The van der Waals surface area contributed by atoms with Crippen molar-refractivity contribution in [2.24, 2.45) is 0 Å². The molecule has 4 nitrogen and oxygen atoms in total. The highest BCUT2D eigenvalue weighted by atomic mass is 32.2. The van der Waals surface area contributed by atoms with Crippen molar-refractivity contribution < 1.29 is 21.8 Å². The molecule has 0 rings (SSSR count). The Balaban J connectivity index is 0. The molecule has 7 heteroatoms. The molecule has 0 bridgehead atoms. The van der Waals surface area contributed by atoms with Crippen molar-refractivity contribution in [2.75, 3.05) is 14.1 Å². The number of hydrogen-bond donors (Lipinski definition) is 2. The summed E-state index contributed by atoms with van der Waals surface area (Å²) in [7, 11) is -1.48. The molecule has 106 valence electrons.